The molecule has 0 bridgehead atoms. The van der Waals surface area contributed by atoms with Gasteiger partial charge in [0.1, 0.15) is 0 Å². The van der Waals surface area contributed by atoms with Crippen LogP contribution in [0.25, 0.3) is 0 Å². The third-order valence-electron chi connectivity index (χ3n) is 4.23. The molecule has 110 valence electrons. The molecule has 0 aromatic heterocycles. The quantitative estimate of drug-likeness (QED) is 0.915. The van der Waals surface area contributed by atoms with Gasteiger partial charge in [-0.3, -0.25) is 4.79 Å². The number of carbonyl (C=O) groups is 1. The average Bonchev–Trinajstić information content (AvgIpc) is 2.45. The van der Waals surface area contributed by atoms with E-state index in [2.05, 4.69) is 23.2 Å². The summed E-state index contributed by atoms with van der Waals surface area (Å²) in [5.41, 5.74) is 3.17. The van der Waals surface area contributed by atoms with Gasteiger partial charge in [-0.2, -0.15) is 0 Å². The maximum absolute atomic E-state index is 12.8. The summed E-state index contributed by atoms with van der Waals surface area (Å²) in [4.78, 5) is 14.9. The number of amides is 1. The van der Waals surface area contributed by atoms with Crippen LogP contribution < -0.4 is 5.32 Å². The number of nitrogens with zero attached hydrogens (tertiary/aromatic N) is 1. The van der Waals surface area contributed by atoms with Crippen LogP contribution in [0.5, 0.6) is 0 Å². The Labute approximate surface area is 122 Å². The molecular formula is C17H26N2O. The molecule has 1 unspecified atom stereocenters. The number of rotatable bonds is 4. The van der Waals surface area contributed by atoms with E-state index in [0.29, 0.717) is 6.04 Å². The second kappa shape index (κ2) is 6.89. The fourth-order valence-corrected chi connectivity index (χ4v) is 3.09. The molecule has 0 saturated carbocycles. The molecule has 1 aliphatic heterocycles. The van der Waals surface area contributed by atoms with Crippen LogP contribution in [0.15, 0.2) is 18.2 Å². The minimum absolute atomic E-state index is 0.211. The molecule has 1 fully saturated rings. The molecule has 0 radical (unpaired) electrons. The molecule has 1 aromatic carbocycles. The lowest BCUT2D eigenvalue weighted by Crippen LogP contribution is -2.45. The maximum atomic E-state index is 12.8. The van der Waals surface area contributed by atoms with E-state index in [-0.39, 0.29) is 5.91 Å². The summed E-state index contributed by atoms with van der Waals surface area (Å²) in [5.74, 6) is 0.211. The fraction of sp³-hybridized carbons (Fsp3) is 0.588. The lowest BCUT2D eigenvalue weighted by molar-refractivity contribution is 0.0602. The molecule has 1 atom stereocenters. The Morgan fingerprint density at radius 2 is 2.15 bits per heavy atom. The van der Waals surface area contributed by atoms with Crippen molar-refractivity contribution in [2.75, 3.05) is 20.1 Å². The third-order valence-corrected chi connectivity index (χ3v) is 4.23. The number of benzene rings is 1. The first-order valence-electron chi connectivity index (χ1n) is 7.66. The highest BCUT2D eigenvalue weighted by molar-refractivity contribution is 5.96. The molecule has 0 aliphatic carbocycles. The Balaban J connectivity index is 2.16. The van der Waals surface area contributed by atoms with Gasteiger partial charge >= 0.3 is 0 Å². The highest BCUT2D eigenvalue weighted by Crippen LogP contribution is 2.23. The van der Waals surface area contributed by atoms with E-state index in [0.717, 1.165) is 43.5 Å². The first kappa shape index (κ1) is 15.0. The molecule has 3 heteroatoms. The van der Waals surface area contributed by atoms with Gasteiger partial charge in [0.15, 0.2) is 0 Å². The van der Waals surface area contributed by atoms with E-state index in [1.54, 1.807) is 0 Å². The Bertz CT molecular complexity index is 470. The van der Waals surface area contributed by atoms with E-state index in [1.165, 1.54) is 12.0 Å². The highest BCUT2D eigenvalue weighted by Gasteiger charge is 2.27. The van der Waals surface area contributed by atoms with Crippen molar-refractivity contribution in [3.63, 3.8) is 0 Å². The number of hydrogen-bond donors (Lipinski definition) is 1. The zero-order valence-corrected chi connectivity index (χ0v) is 12.9. The fourth-order valence-electron chi connectivity index (χ4n) is 3.09. The van der Waals surface area contributed by atoms with E-state index in [4.69, 9.17) is 0 Å². The topological polar surface area (TPSA) is 32.3 Å². The largest absolute Gasteiger partial charge is 0.336 e. The van der Waals surface area contributed by atoms with Crippen LogP contribution in [0, 0.1) is 13.8 Å². The van der Waals surface area contributed by atoms with Gasteiger partial charge in [0.05, 0.1) is 0 Å². The summed E-state index contributed by atoms with van der Waals surface area (Å²) < 4.78 is 0. The minimum Gasteiger partial charge on any atom is -0.336 e. The van der Waals surface area contributed by atoms with E-state index in [1.807, 2.05) is 26.1 Å². The summed E-state index contributed by atoms with van der Waals surface area (Å²) in [7, 11) is 1.97. The Kier molecular flexibility index (Phi) is 5.18. The highest BCUT2D eigenvalue weighted by atomic mass is 16.2. The van der Waals surface area contributed by atoms with Gasteiger partial charge in [-0.1, -0.05) is 17.7 Å². The van der Waals surface area contributed by atoms with Crippen LogP contribution >= 0.6 is 0 Å². The van der Waals surface area contributed by atoms with Crippen molar-refractivity contribution in [2.45, 2.75) is 45.6 Å². The van der Waals surface area contributed by atoms with Gasteiger partial charge in [-0.15, -0.1) is 0 Å². The average molecular weight is 274 g/mol. The normalized spacial score (nSPS) is 19.1. The summed E-state index contributed by atoms with van der Waals surface area (Å²) >= 11 is 0. The standard InChI is InChI=1S/C17H26N2O/c1-13-7-8-16(14(2)12-13)17(20)19-11-5-4-6-15(19)9-10-18-3/h7-8,12,15,18H,4-6,9-11H2,1-3H3. The molecule has 1 aliphatic rings. The first-order valence-corrected chi connectivity index (χ1v) is 7.66. The summed E-state index contributed by atoms with van der Waals surface area (Å²) in [5, 5.41) is 3.20. The Morgan fingerprint density at radius 3 is 2.85 bits per heavy atom. The van der Waals surface area contributed by atoms with Gasteiger partial charge in [0.2, 0.25) is 0 Å². The monoisotopic (exact) mass is 274 g/mol. The van der Waals surface area contributed by atoms with Crippen LogP contribution in [0.3, 0.4) is 0 Å². The van der Waals surface area contributed by atoms with Crippen LogP contribution in [0.4, 0.5) is 0 Å². The van der Waals surface area contributed by atoms with Crippen molar-refractivity contribution in [2.24, 2.45) is 0 Å². The van der Waals surface area contributed by atoms with E-state index in [9.17, 15) is 4.79 Å². The Hall–Kier alpha value is -1.35. The molecule has 1 saturated heterocycles. The molecule has 1 aromatic rings. The van der Waals surface area contributed by atoms with Gasteiger partial charge in [-0.25, -0.2) is 0 Å². The zero-order chi connectivity index (χ0) is 14.5. The maximum Gasteiger partial charge on any atom is 0.254 e. The lowest BCUT2D eigenvalue weighted by atomic mass is 9.96. The van der Waals surface area contributed by atoms with Gasteiger partial charge in [-0.05, 0) is 64.8 Å². The third kappa shape index (κ3) is 3.40. The van der Waals surface area contributed by atoms with Crippen molar-refractivity contribution in [1.29, 1.82) is 0 Å². The number of piperidine rings is 1. The predicted molar refractivity (Wildman–Crippen MR) is 83.1 cm³/mol. The molecule has 0 spiro atoms. The van der Waals surface area contributed by atoms with Crippen LogP contribution in [-0.2, 0) is 0 Å². The van der Waals surface area contributed by atoms with Crippen LogP contribution in [-0.4, -0.2) is 37.0 Å². The van der Waals surface area contributed by atoms with Gasteiger partial charge in [0, 0.05) is 18.2 Å². The smallest absolute Gasteiger partial charge is 0.254 e. The van der Waals surface area contributed by atoms with Crippen molar-refractivity contribution in [3.8, 4) is 0 Å². The van der Waals surface area contributed by atoms with Crippen LogP contribution in [0.1, 0.15) is 47.2 Å². The predicted octanol–water partition coefficient (Wildman–Crippen LogP) is 2.91. The molecule has 2 rings (SSSR count). The molecule has 1 amide bonds. The second-order valence-electron chi connectivity index (χ2n) is 5.86. The van der Waals surface area contributed by atoms with Crippen LogP contribution in [0.2, 0.25) is 0 Å². The first-order chi connectivity index (χ1) is 9.63. The van der Waals surface area contributed by atoms with Crippen molar-refractivity contribution >= 4 is 5.91 Å². The SMILES string of the molecule is CNCCC1CCCCN1C(=O)c1ccc(C)cc1C. The van der Waals surface area contributed by atoms with Gasteiger partial charge in [0.25, 0.3) is 5.91 Å². The van der Waals surface area contributed by atoms with Crippen molar-refractivity contribution < 1.29 is 4.79 Å². The minimum atomic E-state index is 0.211. The number of aryl methyl sites for hydroxylation is 2. The Morgan fingerprint density at radius 1 is 1.35 bits per heavy atom. The molecule has 3 nitrogen and oxygen atoms in total. The molecule has 20 heavy (non-hydrogen) atoms. The van der Waals surface area contributed by atoms with E-state index >= 15 is 0 Å². The van der Waals surface area contributed by atoms with Crippen molar-refractivity contribution in [1.82, 2.24) is 10.2 Å². The van der Waals surface area contributed by atoms with E-state index < -0.39 is 0 Å². The number of carbonyl (C=O) groups excluding carboxylic acids is 1. The molecule has 1 heterocycles. The lowest BCUT2D eigenvalue weighted by Gasteiger charge is -2.36. The van der Waals surface area contributed by atoms with Gasteiger partial charge < -0.3 is 10.2 Å². The summed E-state index contributed by atoms with van der Waals surface area (Å²) in [6.45, 7) is 5.98. The number of hydrogen-bond acceptors (Lipinski definition) is 2. The molecule has 1 N–H and O–H groups in total. The molecular weight excluding hydrogens is 248 g/mol. The zero-order valence-electron chi connectivity index (χ0n) is 12.9. The number of nitrogens with one attached hydrogen (secondary N) is 1. The summed E-state index contributed by atoms with van der Waals surface area (Å²) in [6, 6.07) is 6.51. The second-order valence-corrected chi connectivity index (χ2v) is 5.86. The van der Waals surface area contributed by atoms with Crippen molar-refractivity contribution in [3.05, 3.63) is 34.9 Å². The number of likely N-dealkylation sites (tertiary alicyclic amines) is 1. The summed E-state index contributed by atoms with van der Waals surface area (Å²) in [6.07, 6.45) is 4.56.